The van der Waals surface area contributed by atoms with E-state index >= 15 is 0 Å². The van der Waals surface area contributed by atoms with E-state index in [0.29, 0.717) is 11.3 Å². The summed E-state index contributed by atoms with van der Waals surface area (Å²) in [7, 11) is 0. The van der Waals surface area contributed by atoms with Crippen LogP contribution in [0.2, 0.25) is 0 Å². The molecular formula is C21H17NO4. The number of benzene rings is 2. The van der Waals surface area contributed by atoms with Gasteiger partial charge in [-0.2, -0.15) is 0 Å². The van der Waals surface area contributed by atoms with E-state index in [0.717, 1.165) is 5.56 Å². The highest BCUT2D eigenvalue weighted by molar-refractivity contribution is 6.23. The number of carbonyl (C=O) groups is 3. The topological polar surface area (TPSA) is 63.7 Å². The number of rotatable bonds is 1. The second-order valence-corrected chi connectivity index (χ2v) is 6.53. The molecule has 0 aromatic heterocycles. The molecular weight excluding hydrogens is 330 g/mol. The Hall–Kier alpha value is -3.21. The van der Waals surface area contributed by atoms with Gasteiger partial charge in [0.25, 0.3) is 0 Å². The number of amides is 1. The summed E-state index contributed by atoms with van der Waals surface area (Å²) in [5.41, 5.74) is -0.0929. The lowest BCUT2D eigenvalue weighted by Gasteiger charge is -2.41. The third-order valence-electron chi connectivity index (χ3n) is 5.03. The molecule has 2 aliphatic rings. The molecule has 0 radical (unpaired) electrons. The van der Waals surface area contributed by atoms with Crippen molar-refractivity contribution in [3.63, 3.8) is 0 Å². The second-order valence-electron chi connectivity index (χ2n) is 6.53. The first-order chi connectivity index (χ1) is 12.5. The SMILES string of the molecule is CC(=O)N1C(C)=CC(c2ccccc2)C12C(=O)Oc1ccccc1C2=O. The third-order valence-corrected chi connectivity index (χ3v) is 5.03. The molecule has 2 aromatic carbocycles. The lowest BCUT2D eigenvalue weighted by molar-refractivity contribution is -0.151. The van der Waals surface area contributed by atoms with Crippen molar-refractivity contribution in [2.45, 2.75) is 25.3 Å². The van der Waals surface area contributed by atoms with E-state index in [9.17, 15) is 14.4 Å². The van der Waals surface area contributed by atoms with Gasteiger partial charge in [0.1, 0.15) is 5.75 Å². The van der Waals surface area contributed by atoms with Gasteiger partial charge in [0.15, 0.2) is 0 Å². The van der Waals surface area contributed by atoms with Gasteiger partial charge in [0, 0.05) is 18.5 Å². The highest BCUT2D eigenvalue weighted by Gasteiger charge is 2.64. The summed E-state index contributed by atoms with van der Waals surface area (Å²) in [6, 6.07) is 15.9. The van der Waals surface area contributed by atoms with Crippen LogP contribution in [-0.2, 0) is 9.59 Å². The number of nitrogens with zero attached hydrogens (tertiary/aromatic N) is 1. The van der Waals surface area contributed by atoms with E-state index in [-0.39, 0.29) is 11.7 Å². The number of allylic oxidation sites excluding steroid dienone is 1. The molecule has 26 heavy (non-hydrogen) atoms. The maximum atomic E-state index is 13.6. The molecule has 2 aromatic rings. The fourth-order valence-electron chi connectivity index (χ4n) is 4.03. The zero-order valence-electron chi connectivity index (χ0n) is 14.4. The number of carbonyl (C=O) groups excluding carboxylic acids is 3. The van der Waals surface area contributed by atoms with E-state index in [1.165, 1.54) is 11.8 Å². The highest BCUT2D eigenvalue weighted by atomic mass is 16.5. The maximum absolute atomic E-state index is 13.6. The Morgan fingerprint density at radius 3 is 2.38 bits per heavy atom. The Kier molecular flexibility index (Phi) is 3.54. The van der Waals surface area contributed by atoms with Gasteiger partial charge in [-0.05, 0) is 24.6 Å². The van der Waals surface area contributed by atoms with Gasteiger partial charge in [-0.15, -0.1) is 0 Å². The van der Waals surface area contributed by atoms with Gasteiger partial charge >= 0.3 is 5.97 Å². The summed E-state index contributed by atoms with van der Waals surface area (Å²) < 4.78 is 5.53. The molecule has 2 heterocycles. The molecule has 2 atom stereocenters. The van der Waals surface area contributed by atoms with Crippen molar-refractivity contribution in [1.29, 1.82) is 0 Å². The number of Topliss-reactive ketones (excluding diaryl/α,β-unsaturated/α-hetero) is 1. The normalized spacial score (nSPS) is 24.3. The van der Waals surface area contributed by atoms with Crippen LogP contribution in [0, 0.1) is 0 Å². The molecule has 0 fully saturated rings. The van der Waals surface area contributed by atoms with Crippen LogP contribution in [0.15, 0.2) is 66.4 Å². The standard InChI is InChI=1S/C21H17NO4/c1-13-12-17(15-8-4-3-5-9-15)21(22(13)14(2)23)19(24)16-10-6-7-11-18(16)26-20(21)25/h3-12,17H,1-2H3. The van der Waals surface area contributed by atoms with Crippen LogP contribution in [0.3, 0.4) is 0 Å². The van der Waals surface area contributed by atoms with Crippen molar-refractivity contribution in [1.82, 2.24) is 4.90 Å². The molecule has 2 unspecified atom stereocenters. The van der Waals surface area contributed by atoms with E-state index in [4.69, 9.17) is 4.74 Å². The average Bonchev–Trinajstić information content (AvgIpc) is 2.95. The minimum atomic E-state index is -1.74. The number of para-hydroxylation sites is 1. The molecule has 4 rings (SSSR count). The summed E-state index contributed by atoms with van der Waals surface area (Å²) in [6.45, 7) is 3.08. The number of hydrogen-bond acceptors (Lipinski definition) is 4. The molecule has 1 spiro atoms. The lowest BCUT2D eigenvalue weighted by atomic mass is 9.74. The molecule has 0 bridgehead atoms. The number of esters is 1. The van der Waals surface area contributed by atoms with Crippen LogP contribution in [-0.4, -0.2) is 28.1 Å². The fraction of sp³-hybridized carbons (Fsp3) is 0.190. The zero-order valence-corrected chi connectivity index (χ0v) is 14.4. The summed E-state index contributed by atoms with van der Waals surface area (Å²) in [5.74, 6) is -1.89. The quantitative estimate of drug-likeness (QED) is 0.452. The Morgan fingerprint density at radius 1 is 1.04 bits per heavy atom. The van der Waals surface area contributed by atoms with Crippen molar-refractivity contribution in [3.05, 3.63) is 77.5 Å². The van der Waals surface area contributed by atoms with Gasteiger partial charge in [-0.25, -0.2) is 4.79 Å². The second kappa shape index (κ2) is 5.66. The number of ether oxygens (including phenoxy) is 1. The number of fused-ring (bicyclic) bond motifs is 1. The highest BCUT2D eigenvalue weighted by Crippen LogP contribution is 2.49. The van der Waals surface area contributed by atoms with Crippen LogP contribution >= 0.6 is 0 Å². The van der Waals surface area contributed by atoms with E-state index in [2.05, 4.69) is 0 Å². The largest absolute Gasteiger partial charge is 0.424 e. The van der Waals surface area contributed by atoms with Crippen LogP contribution in [0.1, 0.15) is 35.7 Å². The van der Waals surface area contributed by atoms with Gasteiger partial charge in [-0.3, -0.25) is 14.5 Å². The van der Waals surface area contributed by atoms with E-state index < -0.39 is 23.2 Å². The summed E-state index contributed by atoms with van der Waals surface area (Å²) in [6.07, 6.45) is 1.80. The van der Waals surface area contributed by atoms with E-state index in [1.807, 2.05) is 30.3 Å². The van der Waals surface area contributed by atoms with Gasteiger partial charge in [0.2, 0.25) is 17.2 Å². The van der Waals surface area contributed by atoms with Crippen LogP contribution in [0.25, 0.3) is 0 Å². The first kappa shape index (κ1) is 16.3. The Morgan fingerprint density at radius 2 is 1.69 bits per heavy atom. The van der Waals surface area contributed by atoms with Gasteiger partial charge in [0.05, 0.1) is 5.56 Å². The number of ketones is 1. The fourth-order valence-corrected chi connectivity index (χ4v) is 4.03. The first-order valence-corrected chi connectivity index (χ1v) is 8.38. The predicted molar refractivity (Wildman–Crippen MR) is 94.6 cm³/mol. The minimum absolute atomic E-state index is 0.230. The third kappa shape index (κ3) is 2.00. The molecule has 5 nitrogen and oxygen atoms in total. The van der Waals surface area contributed by atoms with Gasteiger partial charge < -0.3 is 4.74 Å². The summed E-state index contributed by atoms with van der Waals surface area (Å²) in [5, 5.41) is 0. The van der Waals surface area contributed by atoms with Crippen molar-refractivity contribution >= 4 is 17.7 Å². The van der Waals surface area contributed by atoms with Crippen LogP contribution < -0.4 is 4.74 Å². The van der Waals surface area contributed by atoms with Crippen molar-refractivity contribution in [2.24, 2.45) is 0 Å². The predicted octanol–water partition coefficient (Wildman–Crippen LogP) is 3.08. The lowest BCUT2D eigenvalue weighted by Crippen LogP contribution is -2.64. The molecule has 5 heteroatoms. The minimum Gasteiger partial charge on any atom is -0.424 e. The number of hydrogen-bond donors (Lipinski definition) is 0. The first-order valence-electron chi connectivity index (χ1n) is 8.38. The molecule has 0 saturated heterocycles. The maximum Gasteiger partial charge on any atom is 0.347 e. The molecule has 130 valence electrons. The molecule has 0 saturated carbocycles. The van der Waals surface area contributed by atoms with Crippen molar-refractivity contribution in [3.8, 4) is 5.75 Å². The Balaban J connectivity index is 1.99. The summed E-state index contributed by atoms with van der Waals surface area (Å²) in [4.78, 5) is 40.5. The molecule has 0 N–H and O–H groups in total. The van der Waals surface area contributed by atoms with Crippen LogP contribution in [0.4, 0.5) is 0 Å². The molecule has 2 aliphatic heterocycles. The molecule has 0 aliphatic carbocycles. The molecule has 1 amide bonds. The van der Waals surface area contributed by atoms with Crippen molar-refractivity contribution in [2.75, 3.05) is 0 Å². The van der Waals surface area contributed by atoms with Crippen LogP contribution in [0.5, 0.6) is 5.75 Å². The zero-order chi connectivity index (χ0) is 18.5. The average molecular weight is 347 g/mol. The Bertz CT molecular complexity index is 963. The Labute approximate surface area is 150 Å². The van der Waals surface area contributed by atoms with E-state index in [1.54, 1.807) is 37.3 Å². The smallest absolute Gasteiger partial charge is 0.347 e. The van der Waals surface area contributed by atoms with Crippen molar-refractivity contribution < 1.29 is 19.1 Å². The van der Waals surface area contributed by atoms with Gasteiger partial charge in [-0.1, -0.05) is 48.5 Å². The monoisotopic (exact) mass is 347 g/mol. The summed E-state index contributed by atoms with van der Waals surface area (Å²) >= 11 is 0.